The molecule has 2 heterocycles. The van der Waals surface area contributed by atoms with Crippen LogP contribution >= 0.6 is 0 Å². The van der Waals surface area contributed by atoms with E-state index in [1.54, 1.807) is 6.20 Å². The fourth-order valence-corrected chi connectivity index (χ4v) is 3.39. The Labute approximate surface area is 163 Å². The Kier molecular flexibility index (Phi) is 5.23. The van der Waals surface area contributed by atoms with Crippen molar-refractivity contribution in [2.24, 2.45) is 10.7 Å². The zero-order chi connectivity index (χ0) is 19.3. The summed E-state index contributed by atoms with van der Waals surface area (Å²) in [5, 5.41) is 4.30. The Morgan fingerprint density at radius 2 is 1.75 bits per heavy atom. The minimum atomic E-state index is -0.214. The molecule has 3 aromatic rings. The second kappa shape index (κ2) is 8.12. The molecule has 0 radical (unpaired) electrons. The van der Waals surface area contributed by atoms with Crippen LogP contribution in [0.3, 0.4) is 0 Å². The number of halogens is 1. The maximum atomic E-state index is 13.1. The minimum Gasteiger partial charge on any atom is -0.370 e. The second-order valence-corrected chi connectivity index (χ2v) is 6.70. The van der Waals surface area contributed by atoms with Crippen LogP contribution in [-0.2, 0) is 6.54 Å². The number of rotatable bonds is 4. The standard InChI is InChI=1S/C21H23FN6/c22-18-6-8-19(9-7-18)26-12-14-27(15-13-26)21(23)24-16-17-4-1-2-5-20(17)28-11-3-10-25-28/h1-11H,12-16H2,(H2,23,24). The Morgan fingerprint density at radius 3 is 2.46 bits per heavy atom. The van der Waals surface area contributed by atoms with Crippen molar-refractivity contribution in [1.29, 1.82) is 0 Å². The lowest BCUT2D eigenvalue weighted by atomic mass is 10.2. The third kappa shape index (κ3) is 3.98. The summed E-state index contributed by atoms with van der Waals surface area (Å²) in [6.45, 7) is 3.72. The van der Waals surface area contributed by atoms with Crippen LogP contribution in [0, 0.1) is 5.82 Å². The van der Waals surface area contributed by atoms with Crippen LogP contribution in [0.25, 0.3) is 5.69 Å². The van der Waals surface area contributed by atoms with E-state index in [9.17, 15) is 4.39 Å². The summed E-state index contributed by atoms with van der Waals surface area (Å²) in [5.41, 5.74) is 9.36. The average molecular weight is 378 g/mol. The molecule has 4 rings (SSSR count). The van der Waals surface area contributed by atoms with E-state index in [0.717, 1.165) is 43.1 Å². The largest absolute Gasteiger partial charge is 0.370 e. The van der Waals surface area contributed by atoms with Crippen LogP contribution in [0.15, 0.2) is 72.0 Å². The Morgan fingerprint density at radius 1 is 1.00 bits per heavy atom. The van der Waals surface area contributed by atoms with Crippen LogP contribution in [0.5, 0.6) is 0 Å². The van der Waals surface area contributed by atoms with Gasteiger partial charge in [-0.15, -0.1) is 0 Å². The first kappa shape index (κ1) is 18.0. The number of aliphatic imine (C=N–C) groups is 1. The lowest BCUT2D eigenvalue weighted by molar-refractivity contribution is 0.380. The normalized spacial score (nSPS) is 15.1. The van der Waals surface area contributed by atoms with Gasteiger partial charge >= 0.3 is 0 Å². The summed E-state index contributed by atoms with van der Waals surface area (Å²) in [4.78, 5) is 8.94. The molecule has 28 heavy (non-hydrogen) atoms. The molecular formula is C21H23FN6. The quantitative estimate of drug-likeness (QED) is 0.560. The van der Waals surface area contributed by atoms with Crippen molar-refractivity contribution in [3.63, 3.8) is 0 Å². The molecule has 2 N–H and O–H groups in total. The van der Waals surface area contributed by atoms with E-state index in [1.807, 2.05) is 53.3 Å². The first-order valence-corrected chi connectivity index (χ1v) is 9.34. The molecule has 1 aromatic heterocycles. The van der Waals surface area contributed by atoms with E-state index in [2.05, 4.69) is 19.9 Å². The average Bonchev–Trinajstić information content (AvgIpc) is 3.28. The van der Waals surface area contributed by atoms with E-state index >= 15 is 0 Å². The molecule has 0 saturated carbocycles. The second-order valence-electron chi connectivity index (χ2n) is 6.70. The molecule has 1 aliphatic heterocycles. The third-order valence-electron chi connectivity index (χ3n) is 4.95. The number of nitrogens with two attached hydrogens (primary N) is 1. The van der Waals surface area contributed by atoms with Crippen LogP contribution in [0.2, 0.25) is 0 Å². The van der Waals surface area contributed by atoms with Gasteiger partial charge in [0.25, 0.3) is 0 Å². The van der Waals surface area contributed by atoms with Crippen molar-refractivity contribution in [3.05, 3.63) is 78.4 Å². The number of hydrogen-bond acceptors (Lipinski definition) is 3. The van der Waals surface area contributed by atoms with Crippen molar-refractivity contribution < 1.29 is 4.39 Å². The number of para-hydroxylation sites is 1. The molecule has 0 atom stereocenters. The molecule has 1 saturated heterocycles. The number of hydrogen-bond donors (Lipinski definition) is 1. The highest BCUT2D eigenvalue weighted by Crippen LogP contribution is 2.17. The number of guanidine groups is 1. The highest BCUT2D eigenvalue weighted by molar-refractivity contribution is 5.78. The molecule has 7 heteroatoms. The van der Waals surface area contributed by atoms with Crippen LogP contribution < -0.4 is 10.6 Å². The van der Waals surface area contributed by atoms with Gasteiger partial charge in [-0.2, -0.15) is 5.10 Å². The Bertz CT molecular complexity index is 928. The predicted molar refractivity (Wildman–Crippen MR) is 109 cm³/mol. The van der Waals surface area contributed by atoms with Gasteiger partial charge in [-0.25, -0.2) is 14.1 Å². The number of piperazine rings is 1. The maximum Gasteiger partial charge on any atom is 0.191 e. The summed E-state index contributed by atoms with van der Waals surface area (Å²) in [6, 6.07) is 16.6. The first-order chi connectivity index (χ1) is 13.7. The number of benzene rings is 2. The van der Waals surface area contributed by atoms with E-state index in [1.165, 1.54) is 12.1 Å². The highest BCUT2D eigenvalue weighted by Gasteiger charge is 2.18. The molecule has 1 aliphatic rings. The van der Waals surface area contributed by atoms with E-state index in [4.69, 9.17) is 5.73 Å². The smallest absolute Gasteiger partial charge is 0.191 e. The van der Waals surface area contributed by atoms with E-state index in [0.29, 0.717) is 12.5 Å². The summed E-state index contributed by atoms with van der Waals surface area (Å²) in [5.74, 6) is 0.336. The van der Waals surface area contributed by atoms with Gasteiger partial charge in [-0.1, -0.05) is 18.2 Å². The molecular weight excluding hydrogens is 355 g/mol. The van der Waals surface area contributed by atoms with Gasteiger partial charge in [0.2, 0.25) is 0 Å². The molecule has 2 aromatic carbocycles. The molecule has 0 amide bonds. The highest BCUT2D eigenvalue weighted by atomic mass is 19.1. The maximum absolute atomic E-state index is 13.1. The van der Waals surface area contributed by atoms with Crippen molar-refractivity contribution in [3.8, 4) is 5.69 Å². The zero-order valence-corrected chi connectivity index (χ0v) is 15.6. The minimum absolute atomic E-state index is 0.214. The molecule has 0 bridgehead atoms. The summed E-state index contributed by atoms with van der Waals surface area (Å²) < 4.78 is 14.9. The van der Waals surface area contributed by atoms with Crippen LogP contribution in [0.4, 0.5) is 10.1 Å². The lowest BCUT2D eigenvalue weighted by Crippen LogP contribution is -2.51. The Balaban J connectivity index is 1.39. The number of nitrogens with zero attached hydrogens (tertiary/aromatic N) is 5. The SMILES string of the molecule is NC(=NCc1ccccc1-n1cccn1)N1CCN(c2ccc(F)cc2)CC1. The first-order valence-electron chi connectivity index (χ1n) is 9.34. The summed E-state index contributed by atoms with van der Waals surface area (Å²) in [7, 11) is 0. The van der Waals surface area contributed by atoms with Crippen molar-refractivity contribution in [2.45, 2.75) is 6.54 Å². The topological polar surface area (TPSA) is 62.7 Å². The van der Waals surface area contributed by atoms with Gasteiger partial charge in [0.05, 0.1) is 12.2 Å². The number of anilines is 1. The molecule has 0 spiro atoms. The number of aromatic nitrogens is 2. The van der Waals surface area contributed by atoms with Crippen LogP contribution in [0.1, 0.15) is 5.56 Å². The molecule has 0 unspecified atom stereocenters. The Hall–Kier alpha value is -3.35. The van der Waals surface area contributed by atoms with Gasteiger partial charge in [0.15, 0.2) is 5.96 Å². The van der Waals surface area contributed by atoms with Gasteiger partial charge in [-0.05, 0) is 42.0 Å². The van der Waals surface area contributed by atoms with Crippen molar-refractivity contribution in [1.82, 2.24) is 14.7 Å². The van der Waals surface area contributed by atoms with Gasteiger partial charge < -0.3 is 15.5 Å². The van der Waals surface area contributed by atoms with E-state index in [-0.39, 0.29) is 5.82 Å². The summed E-state index contributed by atoms with van der Waals surface area (Å²) in [6.07, 6.45) is 3.68. The monoisotopic (exact) mass is 378 g/mol. The van der Waals surface area contributed by atoms with E-state index < -0.39 is 0 Å². The fraction of sp³-hybridized carbons (Fsp3) is 0.238. The zero-order valence-electron chi connectivity index (χ0n) is 15.6. The van der Waals surface area contributed by atoms with Crippen molar-refractivity contribution >= 4 is 11.6 Å². The fourth-order valence-electron chi connectivity index (χ4n) is 3.39. The molecule has 0 aliphatic carbocycles. The summed E-state index contributed by atoms with van der Waals surface area (Å²) >= 11 is 0. The third-order valence-corrected chi connectivity index (χ3v) is 4.95. The van der Waals surface area contributed by atoms with Gasteiger partial charge in [0.1, 0.15) is 5.82 Å². The molecule has 144 valence electrons. The molecule has 1 fully saturated rings. The lowest BCUT2D eigenvalue weighted by Gasteiger charge is -2.36. The van der Waals surface area contributed by atoms with Gasteiger partial charge in [0, 0.05) is 44.3 Å². The predicted octanol–water partition coefficient (Wildman–Crippen LogP) is 2.65. The van der Waals surface area contributed by atoms with Gasteiger partial charge in [-0.3, -0.25) is 0 Å². The van der Waals surface area contributed by atoms with Crippen molar-refractivity contribution in [2.75, 3.05) is 31.1 Å². The van der Waals surface area contributed by atoms with Crippen LogP contribution in [-0.4, -0.2) is 46.8 Å². The molecule has 6 nitrogen and oxygen atoms in total.